The first-order valence-corrected chi connectivity index (χ1v) is 7.09. The van der Waals surface area contributed by atoms with Crippen molar-refractivity contribution in [1.82, 2.24) is 5.32 Å². The fraction of sp³-hybridized carbons (Fsp3) is 0.222. The number of hydrogen-bond acceptors (Lipinski definition) is 2. The van der Waals surface area contributed by atoms with E-state index in [9.17, 15) is 9.59 Å². The Morgan fingerprint density at radius 2 is 1.71 bits per heavy atom. The first-order valence-electron chi connectivity index (χ1n) is 7.09. The van der Waals surface area contributed by atoms with Gasteiger partial charge < -0.3 is 5.32 Å². The SMILES string of the molecule is Cc1ccc(C(=O)c2ccc3c(c2)C(=O)NCC3)cc1C. The molecule has 0 aliphatic carbocycles. The lowest BCUT2D eigenvalue weighted by molar-refractivity contribution is 0.0946. The van der Waals surface area contributed by atoms with Crippen LogP contribution in [-0.4, -0.2) is 18.2 Å². The third-order valence-electron chi connectivity index (χ3n) is 4.07. The minimum atomic E-state index is -0.0917. The highest BCUT2D eigenvalue weighted by Gasteiger charge is 2.19. The summed E-state index contributed by atoms with van der Waals surface area (Å²) in [5.41, 5.74) is 5.11. The third-order valence-corrected chi connectivity index (χ3v) is 4.07. The van der Waals surface area contributed by atoms with Gasteiger partial charge in [0.1, 0.15) is 0 Å². The lowest BCUT2D eigenvalue weighted by Crippen LogP contribution is -2.32. The predicted molar refractivity (Wildman–Crippen MR) is 81.8 cm³/mol. The molecule has 0 aromatic heterocycles. The van der Waals surface area contributed by atoms with Crippen LogP contribution in [0.4, 0.5) is 0 Å². The number of fused-ring (bicyclic) bond motifs is 1. The fourth-order valence-corrected chi connectivity index (χ4v) is 2.60. The highest BCUT2D eigenvalue weighted by Crippen LogP contribution is 2.19. The van der Waals surface area contributed by atoms with Gasteiger partial charge in [-0.15, -0.1) is 0 Å². The summed E-state index contributed by atoms with van der Waals surface area (Å²) in [6.45, 7) is 4.68. The van der Waals surface area contributed by atoms with Gasteiger partial charge in [0.05, 0.1) is 0 Å². The Kier molecular flexibility index (Phi) is 3.34. The van der Waals surface area contributed by atoms with Crippen molar-refractivity contribution in [2.75, 3.05) is 6.54 Å². The van der Waals surface area contributed by atoms with E-state index < -0.39 is 0 Å². The van der Waals surface area contributed by atoms with Crippen molar-refractivity contribution in [2.24, 2.45) is 0 Å². The van der Waals surface area contributed by atoms with Crippen LogP contribution in [-0.2, 0) is 6.42 Å². The summed E-state index contributed by atoms with van der Waals surface area (Å²) < 4.78 is 0. The van der Waals surface area contributed by atoms with Crippen molar-refractivity contribution in [3.63, 3.8) is 0 Å². The maximum absolute atomic E-state index is 12.6. The van der Waals surface area contributed by atoms with E-state index in [2.05, 4.69) is 5.32 Å². The average molecular weight is 279 g/mol. The number of aryl methyl sites for hydroxylation is 2. The average Bonchev–Trinajstić information content (AvgIpc) is 2.49. The molecule has 1 N–H and O–H groups in total. The number of hydrogen-bond donors (Lipinski definition) is 1. The summed E-state index contributed by atoms with van der Waals surface area (Å²) in [5, 5.41) is 2.81. The molecule has 0 bridgehead atoms. The van der Waals surface area contributed by atoms with Gasteiger partial charge in [0.15, 0.2) is 5.78 Å². The number of ketones is 1. The second-order valence-corrected chi connectivity index (χ2v) is 5.51. The van der Waals surface area contributed by atoms with E-state index in [0.717, 1.165) is 23.1 Å². The summed E-state index contributed by atoms with van der Waals surface area (Å²) in [6.07, 6.45) is 0.819. The molecular weight excluding hydrogens is 262 g/mol. The monoisotopic (exact) mass is 279 g/mol. The molecule has 0 saturated carbocycles. The van der Waals surface area contributed by atoms with Gasteiger partial charge in [-0.25, -0.2) is 0 Å². The Balaban J connectivity index is 2.00. The maximum atomic E-state index is 12.6. The second-order valence-electron chi connectivity index (χ2n) is 5.51. The Bertz CT molecular complexity index is 747. The topological polar surface area (TPSA) is 46.2 Å². The van der Waals surface area contributed by atoms with Crippen molar-refractivity contribution in [3.05, 3.63) is 69.8 Å². The second kappa shape index (κ2) is 5.17. The van der Waals surface area contributed by atoms with Crippen LogP contribution >= 0.6 is 0 Å². The molecule has 106 valence electrons. The zero-order chi connectivity index (χ0) is 15.0. The maximum Gasteiger partial charge on any atom is 0.251 e. The third kappa shape index (κ3) is 2.47. The molecular formula is C18H17NO2. The standard InChI is InChI=1S/C18H17NO2/c1-11-3-4-14(9-12(11)2)17(20)15-6-5-13-7-8-19-18(21)16(13)10-15/h3-6,9-10H,7-8H2,1-2H3,(H,19,21). The first kappa shape index (κ1) is 13.6. The smallest absolute Gasteiger partial charge is 0.251 e. The van der Waals surface area contributed by atoms with E-state index in [1.165, 1.54) is 0 Å². The van der Waals surface area contributed by atoms with Crippen molar-refractivity contribution in [2.45, 2.75) is 20.3 Å². The van der Waals surface area contributed by atoms with E-state index >= 15 is 0 Å². The van der Waals surface area contributed by atoms with Gasteiger partial charge in [-0.05, 0) is 49.1 Å². The number of nitrogens with one attached hydrogen (secondary N) is 1. The van der Waals surface area contributed by atoms with Gasteiger partial charge in [-0.3, -0.25) is 9.59 Å². The summed E-state index contributed by atoms with van der Waals surface area (Å²) in [4.78, 5) is 24.4. The largest absolute Gasteiger partial charge is 0.352 e. The number of amides is 1. The van der Waals surface area contributed by atoms with Crippen LogP contribution in [0.3, 0.4) is 0 Å². The molecule has 21 heavy (non-hydrogen) atoms. The Morgan fingerprint density at radius 3 is 2.48 bits per heavy atom. The van der Waals surface area contributed by atoms with E-state index in [1.807, 2.05) is 44.2 Å². The molecule has 0 atom stereocenters. The quantitative estimate of drug-likeness (QED) is 0.859. The van der Waals surface area contributed by atoms with E-state index in [0.29, 0.717) is 23.2 Å². The first-order chi connectivity index (χ1) is 10.1. The Hall–Kier alpha value is -2.42. The molecule has 3 heteroatoms. The molecule has 0 spiro atoms. The van der Waals surface area contributed by atoms with Gasteiger partial charge in [-0.2, -0.15) is 0 Å². The molecule has 1 amide bonds. The lowest BCUT2D eigenvalue weighted by Gasteiger charge is -2.17. The van der Waals surface area contributed by atoms with Gasteiger partial charge in [-0.1, -0.05) is 24.3 Å². The number of rotatable bonds is 2. The summed E-state index contributed by atoms with van der Waals surface area (Å²) in [7, 11) is 0. The summed E-state index contributed by atoms with van der Waals surface area (Å²) >= 11 is 0. The number of carbonyl (C=O) groups excluding carboxylic acids is 2. The van der Waals surface area contributed by atoms with Gasteiger partial charge >= 0.3 is 0 Å². The van der Waals surface area contributed by atoms with E-state index in [4.69, 9.17) is 0 Å². The Labute approximate surface area is 124 Å². The highest BCUT2D eigenvalue weighted by molar-refractivity contribution is 6.10. The minimum Gasteiger partial charge on any atom is -0.352 e. The number of benzene rings is 2. The molecule has 0 saturated heterocycles. The van der Waals surface area contributed by atoms with Crippen LogP contribution in [0, 0.1) is 13.8 Å². The van der Waals surface area contributed by atoms with Crippen molar-refractivity contribution >= 4 is 11.7 Å². The van der Waals surface area contributed by atoms with Crippen LogP contribution in [0.1, 0.15) is 43.0 Å². The molecule has 1 heterocycles. The zero-order valence-electron chi connectivity index (χ0n) is 12.2. The molecule has 3 rings (SSSR count). The molecule has 1 aliphatic heterocycles. The molecule has 2 aromatic carbocycles. The zero-order valence-corrected chi connectivity index (χ0v) is 12.2. The molecule has 0 unspecified atom stereocenters. The van der Waals surface area contributed by atoms with Crippen molar-refractivity contribution in [3.8, 4) is 0 Å². The number of carbonyl (C=O) groups is 2. The summed E-state index contributed by atoms with van der Waals surface area (Å²) in [6, 6.07) is 11.1. The Morgan fingerprint density at radius 1 is 1.00 bits per heavy atom. The van der Waals surface area contributed by atoms with Crippen LogP contribution in [0.5, 0.6) is 0 Å². The van der Waals surface area contributed by atoms with E-state index in [1.54, 1.807) is 6.07 Å². The highest BCUT2D eigenvalue weighted by atomic mass is 16.1. The fourth-order valence-electron chi connectivity index (χ4n) is 2.60. The molecule has 3 nitrogen and oxygen atoms in total. The molecule has 0 radical (unpaired) electrons. The van der Waals surface area contributed by atoms with Crippen LogP contribution < -0.4 is 5.32 Å². The van der Waals surface area contributed by atoms with Crippen LogP contribution in [0.2, 0.25) is 0 Å². The summed E-state index contributed by atoms with van der Waals surface area (Å²) in [5.74, 6) is -0.134. The van der Waals surface area contributed by atoms with Gasteiger partial charge in [0.2, 0.25) is 0 Å². The minimum absolute atomic E-state index is 0.0423. The van der Waals surface area contributed by atoms with Gasteiger partial charge in [0, 0.05) is 23.2 Å². The lowest BCUT2D eigenvalue weighted by atomic mass is 9.94. The molecule has 0 fully saturated rings. The molecule has 1 aliphatic rings. The van der Waals surface area contributed by atoms with Crippen LogP contribution in [0.25, 0.3) is 0 Å². The van der Waals surface area contributed by atoms with Crippen LogP contribution in [0.15, 0.2) is 36.4 Å². The van der Waals surface area contributed by atoms with Crippen molar-refractivity contribution in [1.29, 1.82) is 0 Å². The normalized spacial score (nSPS) is 13.5. The molecule has 2 aromatic rings. The van der Waals surface area contributed by atoms with E-state index in [-0.39, 0.29) is 11.7 Å². The van der Waals surface area contributed by atoms with Crippen molar-refractivity contribution < 1.29 is 9.59 Å². The predicted octanol–water partition coefficient (Wildman–Crippen LogP) is 2.82. The van der Waals surface area contributed by atoms with Gasteiger partial charge in [0.25, 0.3) is 5.91 Å².